The first-order chi connectivity index (χ1) is 8.52. The molecule has 0 aliphatic heterocycles. The zero-order chi connectivity index (χ0) is 13.3. The molecule has 4 heteroatoms. The van der Waals surface area contributed by atoms with E-state index in [4.69, 9.17) is 23.2 Å². The van der Waals surface area contributed by atoms with E-state index < -0.39 is 0 Å². The third-order valence-electron chi connectivity index (χ3n) is 3.06. The first kappa shape index (κ1) is 13.2. The van der Waals surface area contributed by atoms with Gasteiger partial charge in [-0.05, 0) is 37.6 Å². The van der Waals surface area contributed by atoms with Crippen LogP contribution in [0, 0.1) is 13.8 Å². The van der Waals surface area contributed by atoms with Crippen LogP contribution in [0.4, 0.5) is 0 Å². The molecule has 0 amide bonds. The van der Waals surface area contributed by atoms with Crippen LogP contribution in [0.3, 0.4) is 0 Å². The molecule has 0 atom stereocenters. The number of benzene rings is 1. The predicted molar refractivity (Wildman–Crippen MR) is 74.9 cm³/mol. The summed E-state index contributed by atoms with van der Waals surface area (Å²) in [5.41, 5.74) is 3.81. The van der Waals surface area contributed by atoms with Gasteiger partial charge in [-0.15, -0.1) is 0 Å². The van der Waals surface area contributed by atoms with E-state index in [-0.39, 0.29) is 0 Å². The van der Waals surface area contributed by atoms with Crippen molar-refractivity contribution in [2.24, 2.45) is 0 Å². The summed E-state index contributed by atoms with van der Waals surface area (Å²) in [5, 5.41) is 1.10. The number of carbonyl (C=O) groups excluding carboxylic acids is 1. The summed E-state index contributed by atoms with van der Waals surface area (Å²) in [6, 6.07) is 7.46. The van der Waals surface area contributed by atoms with Gasteiger partial charge in [-0.25, -0.2) is 0 Å². The van der Waals surface area contributed by atoms with Gasteiger partial charge in [0.25, 0.3) is 0 Å². The zero-order valence-corrected chi connectivity index (χ0v) is 11.7. The van der Waals surface area contributed by atoms with Crippen LogP contribution in [0.25, 0.3) is 0 Å². The highest BCUT2D eigenvalue weighted by Gasteiger charge is 2.09. The average molecular weight is 282 g/mol. The van der Waals surface area contributed by atoms with Gasteiger partial charge in [0.05, 0.1) is 10.0 Å². The van der Waals surface area contributed by atoms with Crippen LogP contribution in [-0.4, -0.2) is 10.9 Å². The van der Waals surface area contributed by atoms with Crippen LogP contribution >= 0.6 is 23.2 Å². The van der Waals surface area contributed by atoms with Crippen LogP contribution in [0.1, 0.15) is 27.3 Å². The highest BCUT2D eigenvalue weighted by Crippen LogP contribution is 2.24. The summed E-state index contributed by atoms with van der Waals surface area (Å²) >= 11 is 11.9. The lowest BCUT2D eigenvalue weighted by Crippen LogP contribution is -2.04. The number of carbonyl (C=O) groups is 1. The first-order valence-corrected chi connectivity index (χ1v) is 6.34. The number of aromatic nitrogens is 1. The summed E-state index contributed by atoms with van der Waals surface area (Å²) in [6.45, 7) is 4.61. The topological polar surface area (TPSA) is 22.0 Å². The largest absolute Gasteiger partial charge is 0.344 e. The summed E-state index contributed by atoms with van der Waals surface area (Å²) in [7, 11) is 0. The Labute approximate surface area is 116 Å². The normalized spacial score (nSPS) is 10.7. The third kappa shape index (κ3) is 2.45. The molecule has 1 heterocycles. The van der Waals surface area contributed by atoms with E-state index in [0.717, 1.165) is 28.8 Å². The standard InChI is InChI=1S/C14H13Cl2NO/c1-9-5-12(8-18)10(2)17(9)7-11-3-4-13(15)14(16)6-11/h3-6,8H,7H2,1-2H3. The monoisotopic (exact) mass is 281 g/mol. The molecule has 0 bridgehead atoms. The molecule has 94 valence electrons. The molecule has 0 spiro atoms. The Bertz CT molecular complexity index is 602. The highest BCUT2D eigenvalue weighted by atomic mass is 35.5. The van der Waals surface area contributed by atoms with Crippen LogP contribution in [0.5, 0.6) is 0 Å². The van der Waals surface area contributed by atoms with Crippen molar-refractivity contribution in [3.8, 4) is 0 Å². The van der Waals surface area contributed by atoms with Crippen LogP contribution in [0.15, 0.2) is 24.3 Å². The fourth-order valence-electron chi connectivity index (χ4n) is 2.01. The SMILES string of the molecule is Cc1cc(C=O)c(C)n1Cc1ccc(Cl)c(Cl)c1. The quantitative estimate of drug-likeness (QED) is 0.770. The molecule has 0 saturated carbocycles. The molecule has 2 rings (SSSR count). The minimum Gasteiger partial charge on any atom is -0.344 e. The van der Waals surface area contributed by atoms with Crippen molar-refractivity contribution >= 4 is 29.5 Å². The van der Waals surface area contributed by atoms with E-state index in [1.807, 2.05) is 32.0 Å². The molecular weight excluding hydrogens is 269 g/mol. The zero-order valence-electron chi connectivity index (χ0n) is 10.2. The fourth-order valence-corrected chi connectivity index (χ4v) is 2.33. The second kappa shape index (κ2) is 5.17. The highest BCUT2D eigenvalue weighted by molar-refractivity contribution is 6.42. The van der Waals surface area contributed by atoms with E-state index in [0.29, 0.717) is 16.6 Å². The van der Waals surface area contributed by atoms with Crippen molar-refractivity contribution in [2.45, 2.75) is 20.4 Å². The van der Waals surface area contributed by atoms with Crippen molar-refractivity contribution in [3.63, 3.8) is 0 Å². The number of halogens is 2. The van der Waals surface area contributed by atoms with Gasteiger partial charge < -0.3 is 4.57 Å². The molecule has 0 unspecified atom stereocenters. The van der Waals surface area contributed by atoms with E-state index in [1.54, 1.807) is 6.07 Å². The Hall–Kier alpha value is -1.25. The van der Waals surface area contributed by atoms with Gasteiger partial charge in [0, 0.05) is 23.5 Å². The van der Waals surface area contributed by atoms with Crippen molar-refractivity contribution in [2.75, 3.05) is 0 Å². The van der Waals surface area contributed by atoms with Crippen LogP contribution in [-0.2, 0) is 6.54 Å². The maximum absolute atomic E-state index is 10.9. The molecule has 0 N–H and O–H groups in total. The number of hydrogen-bond donors (Lipinski definition) is 0. The lowest BCUT2D eigenvalue weighted by molar-refractivity contribution is 0.112. The lowest BCUT2D eigenvalue weighted by atomic mass is 10.2. The Morgan fingerprint density at radius 1 is 1.17 bits per heavy atom. The summed E-state index contributed by atoms with van der Waals surface area (Å²) < 4.78 is 2.09. The number of nitrogens with zero attached hydrogens (tertiary/aromatic N) is 1. The molecule has 1 aromatic heterocycles. The molecule has 0 saturated heterocycles. The summed E-state index contributed by atoms with van der Waals surface area (Å²) in [4.78, 5) is 10.9. The molecular formula is C14H13Cl2NO. The fraction of sp³-hybridized carbons (Fsp3) is 0.214. The maximum atomic E-state index is 10.9. The van der Waals surface area contributed by atoms with E-state index >= 15 is 0 Å². The van der Waals surface area contributed by atoms with Crippen molar-refractivity contribution in [3.05, 3.63) is 56.8 Å². The Kier molecular flexibility index (Phi) is 3.79. The Balaban J connectivity index is 2.36. The molecule has 1 aromatic carbocycles. The molecule has 0 aliphatic rings. The predicted octanol–water partition coefficient (Wildman–Crippen LogP) is 4.27. The van der Waals surface area contributed by atoms with Crippen molar-refractivity contribution in [1.82, 2.24) is 4.57 Å². The average Bonchev–Trinajstić information content (AvgIpc) is 2.61. The summed E-state index contributed by atoms with van der Waals surface area (Å²) in [6.07, 6.45) is 0.883. The molecule has 2 nitrogen and oxygen atoms in total. The van der Waals surface area contributed by atoms with Gasteiger partial charge in [-0.3, -0.25) is 4.79 Å². The van der Waals surface area contributed by atoms with Gasteiger partial charge in [-0.2, -0.15) is 0 Å². The number of aldehydes is 1. The Morgan fingerprint density at radius 3 is 2.44 bits per heavy atom. The van der Waals surface area contributed by atoms with Gasteiger partial charge in [0.1, 0.15) is 0 Å². The molecule has 0 radical (unpaired) electrons. The molecule has 18 heavy (non-hydrogen) atoms. The van der Waals surface area contributed by atoms with E-state index in [9.17, 15) is 4.79 Å². The van der Waals surface area contributed by atoms with Crippen molar-refractivity contribution in [1.29, 1.82) is 0 Å². The minimum atomic E-state index is 0.548. The molecule has 0 fully saturated rings. The van der Waals surface area contributed by atoms with Crippen LogP contribution < -0.4 is 0 Å². The van der Waals surface area contributed by atoms with Gasteiger partial charge >= 0.3 is 0 Å². The molecule has 0 aliphatic carbocycles. The maximum Gasteiger partial charge on any atom is 0.151 e. The number of hydrogen-bond acceptors (Lipinski definition) is 1. The second-order valence-electron chi connectivity index (χ2n) is 4.28. The molecule has 2 aromatic rings. The number of aryl methyl sites for hydroxylation is 1. The van der Waals surface area contributed by atoms with Crippen LogP contribution in [0.2, 0.25) is 10.0 Å². The number of rotatable bonds is 3. The minimum absolute atomic E-state index is 0.548. The lowest BCUT2D eigenvalue weighted by Gasteiger charge is -2.10. The third-order valence-corrected chi connectivity index (χ3v) is 3.80. The van der Waals surface area contributed by atoms with E-state index in [1.165, 1.54) is 0 Å². The first-order valence-electron chi connectivity index (χ1n) is 5.58. The Morgan fingerprint density at radius 2 is 1.89 bits per heavy atom. The van der Waals surface area contributed by atoms with E-state index in [2.05, 4.69) is 4.57 Å². The second-order valence-corrected chi connectivity index (χ2v) is 5.09. The van der Waals surface area contributed by atoms with Gasteiger partial charge in [0.15, 0.2) is 6.29 Å². The smallest absolute Gasteiger partial charge is 0.151 e. The van der Waals surface area contributed by atoms with Crippen molar-refractivity contribution < 1.29 is 4.79 Å². The summed E-state index contributed by atoms with van der Waals surface area (Å²) in [5.74, 6) is 0. The van der Waals surface area contributed by atoms with Gasteiger partial charge in [0.2, 0.25) is 0 Å². The van der Waals surface area contributed by atoms with Gasteiger partial charge in [-0.1, -0.05) is 29.3 Å².